The number of hydrogen-bond acceptors (Lipinski definition) is 3. The van der Waals surface area contributed by atoms with Gasteiger partial charge in [0, 0.05) is 16.9 Å². The fourth-order valence-electron chi connectivity index (χ4n) is 1.95. The largest absolute Gasteiger partial charge is 0.481 e. The smallest absolute Gasteiger partial charge is 0.407 e. The Labute approximate surface area is 149 Å². The minimum atomic E-state index is -0.908. The Morgan fingerprint density at radius 1 is 1.39 bits per heavy atom. The standard InChI is InChI=1S/C16H21BrClNO4/c1-16(2,3)23-15(22)19-11(5-7-14(20)21)8-10-4-6-12(17)13(18)9-10/h4,6,9,11H,5,7-8H2,1-3H3,(H,19,22)(H,20,21). The number of benzene rings is 1. The van der Waals surface area contributed by atoms with E-state index >= 15 is 0 Å². The Bertz CT molecular complexity index is 572. The molecule has 0 bridgehead atoms. The van der Waals surface area contributed by atoms with Crippen LogP contribution in [-0.4, -0.2) is 28.8 Å². The van der Waals surface area contributed by atoms with E-state index in [4.69, 9.17) is 21.4 Å². The number of amides is 1. The Balaban J connectivity index is 2.76. The average Bonchev–Trinajstić information content (AvgIpc) is 2.38. The number of aliphatic carboxylic acids is 1. The van der Waals surface area contributed by atoms with Gasteiger partial charge in [-0.25, -0.2) is 4.79 Å². The van der Waals surface area contributed by atoms with Crippen LogP contribution >= 0.6 is 27.5 Å². The van der Waals surface area contributed by atoms with Crippen LogP contribution in [0.15, 0.2) is 22.7 Å². The summed E-state index contributed by atoms with van der Waals surface area (Å²) in [5.74, 6) is -0.908. The first-order valence-electron chi connectivity index (χ1n) is 7.22. The molecule has 0 fully saturated rings. The number of carbonyl (C=O) groups excluding carboxylic acids is 1. The zero-order chi connectivity index (χ0) is 17.6. The van der Waals surface area contributed by atoms with Gasteiger partial charge < -0.3 is 15.2 Å². The summed E-state index contributed by atoms with van der Waals surface area (Å²) in [6, 6.07) is 5.13. The molecular formula is C16H21BrClNO4. The fourth-order valence-corrected chi connectivity index (χ4v) is 2.40. The lowest BCUT2D eigenvalue weighted by molar-refractivity contribution is -0.137. The molecule has 1 atom stereocenters. The molecule has 5 nitrogen and oxygen atoms in total. The second-order valence-electron chi connectivity index (χ2n) is 6.23. The van der Waals surface area contributed by atoms with Crippen molar-refractivity contribution in [2.75, 3.05) is 0 Å². The van der Waals surface area contributed by atoms with E-state index in [-0.39, 0.29) is 12.5 Å². The van der Waals surface area contributed by atoms with Crippen LogP contribution in [0.1, 0.15) is 39.2 Å². The number of carboxylic acids is 1. The van der Waals surface area contributed by atoms with Gasteiger partial charge in [-0.3, -0.25) is 4.79 Å². The number of alkyl carbamates (subject to hydrolysis) is 1. The summed E-state index contributed by atoms with van der Waals surface area (Å²) in [5, 5.41) is 12.2. The summed E-state index contributed by atoms with van der Waals surface area (Å²) in [4.78, 5) is 22.7. The van der Waals surface area contributed by atoms with Crippen LogP contribution in [0.5, 0.6) is 0 Å². The summed E-state index contributed by atoms with van der Waals surface area (Å²) in [7, 11) is 0. The topological polar surface area (TPSA) is 75.6 Å². The van der Waals surface area contributed by atoms with Gasteiger partial charge in [0.1, 0.15) is 5.60 Å². The second-order valence-corrected chi connectivity index (χ2v) is 7.49. The molecule has 128 valence electrons. The molecular weight excluding hydrogens is 386 g/mol. The van der Waals surface area contributed by atoms with Gasteiger partial charge >= 0.3 is 12.1 Å². The minimum Gasteiger partial charge on any atom is -0.481 e. The van der Waals surface area contributed by atoms with Crippen LogP contribution < -0.4 is 5.32 Å². The molecule has 1 aromatic carbocycles. The maximum absolute atomic E-state index is 11.9. The lowest BCUT2D eigenvalue weighted by atomic mass is 10.0. The highest BCUT2D eigenvalue weighted by Crippen LogP contribution is 2.24. The molecule has 1 amide bonds. The Morgan fingerprint density at radius 3 is 2.57 bits per heavy atom. The number of halogens is 2. The van der Waals surface area contributed by atoms with Crippen molar-refractivity contribution in [1.82, 2.24) is 5.32 Å². The van der Waals surface area contributed by atoms with Crippen molar-refractivity contribution in [3.05, 3.63) is 33.3 Å². The van der Waals surface area contributed by atoms with Crippen LogP contribution in [0.3, 0.4) is 0 Å². The van der Waals surface area contributed by atoms with Gasteiger partial charge in [0.15, 0.2) is 0 Å². The number of ether oxygens (including phenoxy) is 1. The molecule has 1 unspecified atom stereocenters. The molecule has 0 saturated heterocycles. The Kier molecular flexibility index (Phi) is 7.35. The normalized spacial score (nSPS) is 12.6. The molecule has 0 heterocycles. The molecule has 0 aliphatic heterocycles. The van der Waals surface area contributed by atoms with E-state index in [0.29, 0.717) is 17.9 Å². The van der Waals surface area contributed by atoms with E-state index in [1.165, 1.54) is 0 Å². The lowest BCUT2D eigenvalue weighted by Gasteiger charge is -2.23. The molecule has 0 saturated carbocycles. The summed E-state index contributed by atoms with van der Waals surface area (Å²) in [6.45, 7) is 5.31. The molecule has 0 aromatic heterocycles. The number of rotatable bonds is 6. The van der Waals surface area contributed by atoms with E-state index in [2.05, 4.69) is 21.2 Å². The van der Waals surface area contributed by atoms with Crippen LogP contribution in [0.25, 0.3) is 0 Å². The van der Waals surface area contributed by atoms with Crippen LogP contribution in [0, 0.1) is 0 Å². The van der Waals surface area contributed by atoms with Crippen molar-refractivity contribution in [1.29, 1.82) is 0 Å². The third-order valence-corrected chi connectivity index (χ3v) is 4.13. The van der Waals surface area contributed by atoms with E-state index in [0.717, 1.165) is 10.0 Å². The highest BCUT2D eigenvalue weighted by Gasteiger charge is 2.20. The van der Waals surface area contributed by atoms with Crippen molar-refractivity contribution >= 4 is 39.6 Å². The van der Waals surface area contributed by atoms with E-state index in [1.807, 2.05) is 12.1 Å². The molecule has 1 rings (SSSR count). The highest BCUT2D eigenvalue weighted by molar-refractivity contribution is 9.10. The molecule has 1 aromatic rings. The molecule has 0 aliphatic carbocycles. The third-order valence-electron chi connectivity index (χ3n) is 2.89. The van der Waals surface area contributed by atoms with Crippen molar-refractivity contribution in [3.8, 4) is 0 Å². The van der Waals surface area contributed by atoms with Crippen LogP contribution in [0.4, 0.5) is 4.79 Å². The van der Waals surface area contributed by atoms with Crippen LogP contribution in [0.2, 0.25) is 5.02 Å². The van der Waals surface area contributed by atoms with Crippen molar-refractivity contribution in [2.45, 2.75) is 51.7 Å². The van der Waals surface area contributed by atoms with Crippen LogP contribution in [-0.2, 0) is 16.0 Å². The molecule has 7 heteroatoms. The summed E-state index contributed by atoms with van der Waals surface area (Å²) in [6.07, 6.45) is 0.183. The number of carboxylic acid groups (broad SMARTS) is 1. The molecule has 0 aliphatic rings. The SMILES string of the molecule is CC(C)(C)OC(=O)NC(CCC(=O)O)Cc1ccc(Br)c(Cl)c1. The monoisotopic (exact) mass is 405 g/mol. The quantitative estimate of drug-likeness (QED) is 0.734. The van der Waals surface area contributed by atoms with E-state index < -0.39 is 17.7 Å². The van der Waals surface area contributed by atoms with Crippen molar-refractivity contribution in [3.63, 3.8) is 0 Å². The molecule has 2 N–H and O–H groups in total. The summed E-state index contributed by atoms with van der Waals surface area (Å²) < 4.78 is 6.01. The molecule has 23 heavy (non-hydrogen) atoms. The summed E-state index contributed by atoms with van der Waals surface area (Å²) >= 11 is 9.38. The Hall–Kier alpha value is -1.27. The van der Waals surface area contributed by atoms with Gasteiger partial charge in [0.2, 0.25) is 0 Å². The Morgan fingerprint density at radius 2 is 2.04 bits per heavy atom. The molecule has 0 spiro atoms. The van der Waals surface area contributed by atoms with E-state index in [9.17, 15) is 9.59 Å². The van der Waals surface area contributed by atoms with Gasteiger partial charge in [-0.15, -0.1) is 0 Å². The third kappa shape index (κ3) is 8.23. The fraction of sp³-hybridized carbons (Fsp3) is 0.500. The minimum absolute atomic E-state index is 0.0370. The highest BCUT2D eigenvalue weighted by atomic mass is 79.9. The first-order valence-corrected chi connectivity index (χ1v) is 8.39. The number of nitrogens with one attached hydrogen (secondary N) is 1. The summed E-state index contributed by atoms with van der Waals surface area (Å²) in [5.41, 5.74) is 0.298. The first kappa shape index (κ1) is 19.8. The zero-order valence-corrected chi connectivity index (χ0v) is 15.7. The molecule has 0 radical (unpaired) electrons. The van der Waals surface area contributed by atoms with Crippen molar-refractivity contribution < 1.29 is 19.4 Å². The first-order chi connectivity index (χ1) is 10.6. The van der Waals surface area contributed by atoms with Gasteiger partial charge in [-0.2, -0.15) is 0 Å². The second kappa shape index (κ2) is 8.55. The van der Waals surface area contributed by atoms with E-state index in [1.54, 1.807) is 26.8 Å². The van der Waals surface area contributed by atoms with Gasteiger partial charge in [0.25, 0.3) is 0 Å². The predicted octanol–water partition coefficient (Wildman–Crippen LogP) is 4.40. The average molecular weight is 407 g/mol. The van der Waals surface area contributed by atoms with Crippen molar-refractivity contribution in [2.24, 2.45) is 0 Å². The number of carbonyl (C=O) groups is 2. The zero-order valence-electron chi connectivity index (χ0n) is 13.4. The lowest BCUT2D eigenvalue weighted by Crippen LogP contribution is -2.40. The number of hydrogen-bond donors (Lipinski definition) is 2. The maximum Gasteiger partial charge on any atom is 0.407 e. The van der Waals surface area contributed by atoms with Gasteiger partial charge in [-0.1, -0.05) is 17.7 Å². The van der Waals surface area contributed by atoms with Gasteiger partial charge in [-0.05, 0) is 67.2 Å². The predicted molar refractivity (Wildman–Crippen MR) is 92.9 cm³/mol. The maximum atomic E-state index is 11.9. The van der Waals surface area contributed by atoms with Gasteiger partial charge in [0.05, 0.1) is 5.02 Å².